The molecule has 6 heteroatoms. The van der Waals surface area contributed by atoms with E-state index in [2.05, 4.69) is 6.92 Å². The minimum atomic E-state index is -0.476. The third kappa shape index (κ3) is 3.78. The fourth-order valence-corrected chi connectivity index (χ4v) is 4.22. The van der Waals surface area contributed by atoms with Crippen molar-refractivity contribution in [3.05, 3.63) is 63.0 Å². The number of hydrogen-bond acceptors (Lipinski definition) is 6. The fourth-order valence-electron chi connectivity index (χ4n) is 4.22. The highest BCUT2D eigenvalue weighted by Gasteiger charge is 2.32. The second-order valence-corrected chi connectivity index (χ2v) is 7.81. The molecule has 0 spiro atoms. The molecule has 0 aliphatic carbocycles. The molecule has 31 heavy (non-hydrogen) atoms. The first-order valence-corrected chi connectivity index (χ1v) is 10.5. The molecular formula is C25H26O6. The van der Waals surface area contributed by atoms with Gasteiger partial charge in [-0.15, -0.1) is 0 Å². The Bertz CT molecular complexity index is 1210. The molecule has 162 valence electrons. The van der Waals surface area contributed by atoms with Crippen molar-refractivity contribution in [1.82, 2.24) is 0 Å². The Labute approximate surface area is 180 Å². The minimum Gasteiger partial charge on any atom is -0.493 e. The summed E-state index contributed by atoms with van der Waals surface area (Å²) >= 11 is 0. The molecule has 0 unspecified atom stereocenters. The molecule has 1 aromatic heterocycles. The van der Waals surface area contributed by atoms with Crippen LogP contribution in [0.1, 0.15) is 59.3 Å². The molecule has 1 atom stereocenters. The highest BCUT2D eigenvalue weighted by atomic mass is 16.5. The zero-order valence-electron chi connectivity index (χ0n) is 18.2. The van der Waals surface area contributed by atoms with E-state index < -0.39 is 11.7 Å². The number of carbonyl (C=O) groups excluding carboxylic acids is 1. The molecular weight excluding hydrogens is 396 g/mol. The molecule has 6 nitrogen and oxygen atoms in total. The van der Waals surface area contributed by atoms with Crippen LogP contribution < -0.4 is 19.8 Å². The van der Waals surface area contributed by atoms with Crippen molar-refractivity contribution in [3.8, 4) is 17.2 Å². The van der Waals surface area contributed by atoms with Gasteiger partial charge in [0, 0.05) is 6.07 Å². The third-order valence-electron chi connectivity index (χ3n) is 5.75. The summed E-state index contributed by atoms with van der Waals surface area (Å²) in [6.07, 6.45) is 2.37. The molecule has 0 amide bonds. The topological polar surface area (TPSA) is 75.0 Å². The third-order valence-corrected chi connectivity index (χ3v) is 5.75. The quantitative estimate of drug-likeness (QED) is 0.510. The molecule has 1 aliphatic heterocycles. The van der Waals surface area contributed by atoms with Gasteiger partial charge in [-0.2, -0.15) is 0 Å². The maximum Gasteiger partial charge on any atom is 0.336 e. The zero-order chi connectivity index (χ0) is 22.1. The summed E-state index contributed by atoms with van der Waals surface area (Å²) in [5.74, 6) is 1.69. The molecule has 2 aromatic carbocycles. The SMILES string of the molecule is CCCCc1cc(=O)oc2cc(C)c3c(c12)O[C@H](c1ccc(OC)c(OC)c1)CC3=O. The molecule has 0 saturated carbocycles. The van der Waals surface area contributed by atoms with Crippen LogP contribution in [0.5, 0.6) is 17.2 Å². The van der Waals surface area contributed by atoms with E-state index in [1.165, 1.54) is 6.07 Å². The van der Waals surface area contributed by atoms with Crippen LogP contribution in [0.15, 0.2) is 39.5 Å². The first-order chi connectivity index (χ1) is 15.0. The Hall–Kier alpha value is -3.28. The lowest BCUT2D eigenvalue weighted by molar-refractivity contribution is 0.0852. The standard InChI is InChI=1S/C25H26O6/c1-5-6-7-16-12-22(27)30-21-10-14(2)23-17(26)13-19(31-25(23)24(16)21)15-8-9-18(28-3)20(11-15)29-4/h8-12,19H,5-7,13H2,1-4H3/t19-/m0/s1. The van der Waals surface area contributed by atoms with Gasteiger partial charge in [-0.25, -0.2) is 4.79 Å². The van der Waals surface area contributed by atoms with Crippen LogP contribution in [0, 0.1) is 6.92 Å². The summed E-state index contributed by atoms with van der Waals surface area (Å²) < 4.78 is 22.7. The highest BCUT2D eigenvalue weighted by Crippen LogP contribution is 2.44. The average molecular weight is 422 g/mol. The van der Waals surface area contributed by atoms with E-state index in [-0.39, 0.29) is 12.2 Å². The van der Waals surface area contributed by atoms with Gasteiger partial charge >= 0.3 is 5.63 Å². The smallest absolute Gasteiger partial charge is 0.336 e. The van der Waals surface area contributed by atoms with Crippen LogP contribution >= 0.6 is 0 Å². The van der Waals surface area contributed by atoms with Gasteiger partial charge in [0.05, 0.1) is 31.6 Å². The number of hydrogen-bond donors (Lipinski definition) is 0. The first kappa shape index (κ1) is 21.0. The van der Waals surface area contributed by atoms with Gasteiger partial charge in [0.25, 0.3) is 0 Å². The van der Waals surface area contributed by atoms with Crippen LogP contribution in [-0.2, 0) is 6.42 Å². The van der Waals surface area contributed by atoms with E-state index in [4.69, 9.17) is 18.6 Å². The van der Waals surface area contributed by atoms with Crippen molar-refractivity contribution in [2.24, 2.45) is 0 Å². The molecule has 0 N–H and O–H groups in total. The number of methoxy groups -OCH3 is 2. The predicted octanol–water partition coefficient (Wildman–Crippen LogP) is 5.17. The molecule has 0 radical (unpaired) electrons. The number of ether oxygens (including phenoxy) is 3. The zero-order valence-corrected chi connectivity index (χ0v) is 18.2. The minimum absolute atomic E-state index is 0.00748. The molecule has 3 aromatic rings. The Morgan fingerprint density at radius 2 is 1.84 bits per heavy atom. The number of ketones is 1. The number of benzene rings is 2. The van der Waals surface area contributed by atoms with Crippen molar-refractivity contribution in [3.63, 3.8) is 0 Å². The van der Waals surface area contributed by atoms with Gasteiger partial charge in [-0.1, -0.05) is 19.4 Å². The second-order valence-electron chi connectivity index (χ2n) is 7.81. The van der Waals surface area contributed by atoms with E-state index in [1.54, 1.807) is 26.4 Å². The van der Waals surface area contributed by atoms with E-state index in [0.29, 0.717) is 40.2 Å². The highest BCUT2D eigenvalue weighted by molar-refractivity contribution is 6.07. The van der Waals surface area contributed by atoms with Crippen molar-refractivity contribution >= 4 is 16.8 Å². The Morgan fingerprint density at radius 1 is 1.06 bits per heavy atom. The molecule has 2 heterocycles. The summed E-state index contributed by atoms with van der Waals surface area (Å²) in [7, 11) is 3.15. The number of carbonyl (C=O) groups is 1. The van der Waals surface area contributed by atoms with E-state index in [9.17, 15) is 9.59 Å². The molecule has 1 aliphatic rings. The Kier molecular flexibility index (Phi) is 5.72. The number of Topliss-reactive ketones (excluding diaryl/α,β-unsaturated/α-hetero) is 1. The van der Waals surface area contributed by atoms with Crippen LogP contribution in [0.4, 0.5) is 0 Å². The maximum absolute atomic E-state index is 13.2. The van der Waals surface area contributed by atoms with Gasteiger partial charge in [0.15, 0.2) is 17.3 Å². The van der Waals surface area contributed by atoms with Crippen LogP contribution in [0.3, 0.4) is 0 Å². The largest absolute Gasteiger partial charge is 0.493 e. The van der Waals surface area contributed by atoms with Crippen molar-refractivity contribution in [2.45, 2.75) is 45.6 Å². The fraction of sp³-hybridized carbons (Fsp3) is 0.360. The van der Waals surface area contributed by atoms with Crippen LogP contribution in [0.25, 0.3) is 11.0 Å². The summed E-state index contributed by atoms with van der Waals surface area (Å²) in [5.41, 5.74) is 3.04. The van der Waals surface area contributed by atoms with Gasteiger partial charge in [-0.05, 0) is 54.7 Å². The summed E-state index contributed by atoms with van der Waals surface area (Å²) in [6.45, 7) is 3.94. The van der Waals surface area contributed by atoms with Gasteiger partial charge < -0.3 is 18.6 Å². The Morgan fingerprint density at radius 3 is 2.55 bits per heavy atom. The van der Waals surface area contributed by atoms with Crippen LogP contribution in [0.2, 0.25) is 0 Å². The molecule has 0 fully saturated rings. The lowest BCUT2D eigenvalue weighted by Gasteiger charge is -2.28. The number of fused-ring (bicyclic) bond motifs is 3. The van der Waals surface area contributed by atoms with E-state index in [1.807, 2.05) is 19.1 Å². The van der Waals surface area contributed by atoms with E-state index >= 15 is 0 Å². The lowest BCUT2D eigenvalue weighted by atomic mass is 9.90. The Balaban J connectivity index is 1.88. The predicted molar refractivity (Wildman–Crippen MR) is 118 cm³/mol. The van der Waals surface area contributed by atoms with Crippen molar-refractivity contribution in [1.29, 1.82) is 0 Å². The summed E-state index contributed by atoms with van der Waals surface area (Å²) in [4.78, 5) is 25.3. The van der Waals surface area contributed by atoms with Crippen molar-refractivity contribution < 1.29 is 23.4 Å². The van der Waals surface area contributed by atoms with Crippen molar-refractivity contribution in [2.75, 3.05) is 14.2 Å². The number of rotatable bonds is 6. The summed E-state index contributed by atoms with van der Waals surface area (Å²) in [6, 6.07) is 8.79. The van der Waals surface area contributed by atoms with Gasteiger partial charge in [0.2, 0.25) is 0 Å². The summed E-state index contributed by atoms with van der Waals surface area (Å²) in [5, 5.41) is 0.715. The number of aryl methyl sites for hydroxylation is 2. The van der Waals surface area contributed by atoms with E-state index in [0.717, 1.165) is 29.5 Å². The molecule has 0 saturated heterocycles. The van der Waals surface area contributed by atoms with Gasteiger partial charge in [-0.3, -0.25) is 4.79 Å². The van der Waals surface area contributed by atoms with Crippen LogP contribution in [-0.4, -0.2) is 20.0 Å². The first-order valence-electron chi connectivity index (χ1n) is 10.5. The molecule has 0 bridgehead atoms. The monoisotopic (exact) mass is 422 g/mol. The normalized spacial score (nSPS) is 15.5. The number of unbranched alkanes of at least 4 members (excludes halogenated alkanes) is 1. The average Bonchev–Trinajstić information content (AvgIpc) is 2.76. The van der Waals surface area contributed by atoms with Gasteiger partial charge in [0.1, 0.15) is 17.4 Å². The lowest BCUT2D eigenvalue weighted by Crippen LogP contribution is -2.22. The molecule has 4 rings (SSSR count). The maximum atomic E-state index is 13.2. The second kappa shape index (κ2) is 8.46.